The third-order valence-corrected chi connectivity index (χ3v) is 4.36. The first-order valence-electron chi connectivity index (χ1n) is 5.55. The van der Waals surface area contributed by atoms with Gasteiger partial charge in [0.2, 0.25) is 11.0 Å². The van der Waals surface area contributed by atoms with Gasteiger partial charge >= 0.3 is 0 Å². The van der Waals surface area contributed by atoms with Crippen molar-refractivity contribution in [1.82, 2.24) is 20.5 Å². The Balaban J connectivity index is 1.96. The minimum atomic E-state index is -0.215. The van der Waals surface area contributed by atoms with E-state index < -0.39 is 0 Å². The first-order valence-corrected chi connectivity index (χ1v) is 7.19. The van der Waals surface area contributed by atoms with E-state index in [1.54, 1.807) is 0 Å². The zero-order valence-corrected chi connectivity index (χ0v) is 12.1. The van der Waals surface area contributed by atoms with Gasteiger partial charge in [0.15, 0.2) is 5.13 Å². The molecule has 0 aromatic carbocycles. The van der Waals surface area contributed by atoms with Crippen LogP contribution in [0.15, 0.2) is 0 Å². The summed E-state index contributed by atoms with van der Waals surface area (Å²) in [6.45, 7) is 3.68. The van der Waals surface area contributed by atoms with Crippen LogP contribution in [0.2, 0.25) is 0 Å². The predicted molar refractivity (Wildman–Crippen MR) is 75.8 cm³/mol. The molecule has 0 spiro atoms. The molecule has 0 saturated heterocycles. The number of carbonyl (C=O) groups is 1. The Morgan fingerprint density at radius 3 is 2.58 bits per heavy atom. The molecular formula is C10H14N6OS2. The van der Waals surface area contributed by atoms with Gasteiger partial charge in [0.1, 0.15) is 5.01 Å². The molecule has 7 nitrogen and oxygen atoms in total. The van der Waals surface area contributed by atoms with Crippen molar-refractivity contribution in [3.63, 3.8) is 0 Å². The molecule has 9 heteroatoms. The third kappa shape index (κ3) is 3.38. The molecule has 2 aromatic rings. The van der Waals surface area contributed by atoms with Gasteiger partial charge in [-0.2, -0.15) is 0 Å². The summed E-state index contributed by atoms with van der Waals surface area (Å²) in [6, 6.07) is -0.215. The lowest BCUT2D eigenvalue weighted by Gasteiger charge is -2.09. The summed E-state index contributed by atoms with van der Waals surface area (Å²) in [7, 11) is 0. The van der Waals surface area contributed by atoms with Crippen LogP contribution in [0.3, 0.4) is 0 Å². The summed E-state index contributed by atoms with van der Waals surface area (Å²) in [5.74, 6) is -0.104. The van der Waals surface area contributed by atoms with Crippen molar-refractivity contribution in [3.8, 4) is 0 Å². The van der Waals surface area contributed by atoms with Gasteiger partial charge in [0, 0.05) is 4.88 Å². The van der Waals surface area contributed by atoms with Gasteiger partial charge in [-0.05, 0) is 13.8 Å². The quantitative estimate of drug-likeness (QED) is 0.771. The van der Waals surface area contributed by atoms with E-state index in [1.807, 2.05) is 13.8 Å². The van der Waals surface area contributed by atoms with Crippen molar-refractivity contribution < 1.29 is 4.79 Å². The molecule has 2 aromatic heterocycles. The van der Waals surface area contributed by atoms with Crippen LogP contribution in [0, 0.1) is 6.92 Å². The standard InChI is InChI=1S/C10H14N6OS2/c1-4-6(18-9(11)14-4)3-7(17)13-5(2)8-15-16-10(12)19-8/h5H,3H2,1-2H3,(H2,11,14)(H2,12,16)(H,13,17). The lowest BCUT2D eigenvalue weighted by Crippen LogP contribution is -2.28. The molecule has 102 valence electrons. The highest BCUT2D eigenvalue weighted by Gasteiger charge is 2.16. The van der Waals surface area contributed by atoms with Gasteiger partial charge in [0.25, 0.3) is 0 Å². The average molecular weight is 298 g/mol. The van der Waals surface area contributed by atoms with E-state index in [-0.39, 0.29) is 18.4 Å². The second-order valence-electron chi connectivity index (χ2n) is 4.01. The van der Waals surface area contributed by atoms with E-state index in [9.17, 15) is 4.79 Å². The number of hydrogen-bond donors (Lipinski definition) is 3. The number of rotatable bonds is 4. The first kappa shape index (κ1) is 13.7. The summed E-state index contributed by atoms with van der Waals surface area (Å²) in [6.07, 6.45) is 0.263. The summed E-state index contributed by atoms with van der Waals surface area (Å²) in [4.78, 5) is 16.9. The molecule has 2 rings (SSSR count). The van der Waals surface area contributed by atoms with Crippen molar-refractivity contribution in [1.29, 1.82) is 0 Å². The second kappa shape index (κ2) is 5.49. The number of anilines is 2. The van der Waals surface area contributed by atoms with Crippen LogP contribution in [0.5, 0.6) is 0 Å². The van der Waals surface area contributed by atoms with E-state index in [0.717, 1.165) is 10.6 Å². The number of nitrogens with zero attached hydrogens (tertiary/aromatic N) is 3. The Kier molecular flexibility index (Phi) is 3.96. The maximum atomic E-state index is 11.9. The van der Waals surface area contributed by atoms with Gasteiger partial charge in [-0.3, -0.25) is 4.79 Å². The number of nitrogens with two attached hydrogens (primary N) is 2. The van der Waals surface area contributed by atoms with Crippen LogP contribution in [0.4, 0.5) is 10.3 Å². The van der Waals surface area contributed by atoms with Crippen molar-refractivity contribution >= 4 is 38.8 Å². The van der Waals surface area contributed by atoms with Gasteiger partial charge in [-0.1, -0.05) is 11.3 Å². The summed E-state index contributed by atoms with van der Waals surface area (Å²) >= 11 is 2.59. The SMILES string of the molecule is Cc1nc(N)sc1CC(=O)NC(C)c1nnc(N)s1. The third-order valence-electron chi connectivity index (χ3n) is 2.43. The Bertz CT molecular complexity index is 593. The number of hydrogen-bond acceptors (Lipinski definition) is 8. The van der Waals surface area contributed by atoms with Crippen LogP contribution in [0.25, 0.3) is 0 Å². The Morgan fingerprint density at radius 2 is 2.05 bits per heavy atom. The first-order chi connectivity index (χ1) is 8.95. The van der Waals surface area contributed by atoms with E-state index in [1.165, 1.54) is 22.7 Å². The molecule has 1 amide bonds. The molecule has 5 N–H and O–H groups in total. The van der Waals surface area contributed by atoms with Gasteiger partial charge in [-0.25, -0.2) is 4.98 Å². The average Bonchev–Trinajstić information content (AvgIpc) is 2.86. The maximum absolute atomic E-state index is 11.9. The fourth-order valence-electron chi connectivity index (χ4n) is 1.54. The Labute approximate surface area is 118 Å². The highest BCUT2D eigenvalue weighted by molar-refractivity contribution is 7.15. The monoisotopic (exact) mass is 298 g/mol. The molecular weight excluding hydrogens is 284 g/mol. The zero-order chi connectivity index (χ0) is 14.0. The van der Waals surface area contributed by atoms with Crippen molar-refractivity contribution in [2.24, 2.45) is 0 Å². The van der Waals surface area contributed by atoms with Crippen LogP contribution in [-0.2, 0) is 11.2 Å². The maximum Gasteiger partial charge on any atom is 0.225 e. The number of nitrogens with one attached hydrogen (secondary N) is 1. The number of nitrogen functional groups attached to an aromatic ring is 2. The topological polar surface area (TPSA) is 120 Å². The minimum Gasteiger partial charge on any atom is -0.375 e. The number of amides is 1. The molecule has 0 aliphatic heterocycles. The Hall–Kier alpha value is -1.74. The molecule has 19 heavy (non-hydrogen) atoms. The van der Waals surface area contributed by atoms with Crippen molar-refractivity contribution in [3.05, 3.63) is 15.6 Å². The fourth-order valence-corrected chi connectivity index (χ4v) is 2.98. The van der Waals surface area contributed by atoms with Crippen LogP contribution in [0.1, 0.15) is 28.5 Å². The number of carbonyl (C=O) groups excluding carboxylic acids is 1. The van der Waals surface area contributed by atoms with E-state index in [0.29, 0.717) is 15.3 Å². The number of aryl methyl sites for hydroxylation is 1. The lowest BCUT2D eigenvalue weighted by atomic mass is 10.2. The molecule has 0 aliphatic rings. The van der Waals surface area contributed by atoms with Gasteiger partial charge in [-0.15, -0.1) is 21.5 Å². The second-order valence-corrected chi connectivity index (χ2v) is 6.16. The molecule has 1 atom stereocenters. The molecule has 0 radical (unpaired) electrons. The molecule has 1 unspecified atom stereocenters. The molecule has 0 aliphatic carbocycles. The number of thiazole rings is 1. The molecule has 0 saturated carbocycles. The highest BCUT2D eigenvalue weighted by atomic mass is 32.1. The van der Waals surface area contributed by atoms with Gasteiger partial charge in [0.05, 0.1) is 18.2 Å². The van der Waals surface area contributed by atoms with Crippen LogP contribution < -0.4 is 16.8 Å². The summed E-state index contributed by atoms with van der Waals surface area (Å²) in [5.41, 5.74) is 11.9. The van der Waals surface area contributed by atoms with Crippen LogP contribution >= 0.6 is 22.7 Å². The largest absolute Gasteiger partial charge is 0.375 e. The van der Waals surface area contributed by atoms with Gasteiger partial charge < -0.3 is 16.8 Å². The molecule has 0 bridgehead atoms. The van der Waals surface area contributed by atoms with E-state index in [4.69, 9.17) is 11.5 Å². The molecule has 0 fully saturated rings. The summed E-state index contributed by atoms with van der Waals surface area (Å²) < 4.78 is 0. The number of aromatic nitrogens is 3. The zero-order valence-electron chi connectivity index (χ0n) is 10.5. The van der Waals surface area contributed by atoms with Crippen LogP contribution in [-0.4, -0.2) is 21.1 Å². The predicted octanol–water partition coefficient (Wildman–Crippen LogP) is 0.887. The van der Waals surface area contributed by atoms with Crippen molar-refractivity contribution in [2.75, 3.05) is 11.5 Å². The minimum absolute atomic E-state index is 0.104. The molecule has 2 heterocycles. The lowest BCUT2D eigenvalue weighted by molar-refractivity contribution is -0.121. The smallest absolute Gasteiger partial charge is 0.225 e. The Morgan fingerprint density at radius 1 is 1.32 bits per heavy atom. The summed E-state index contributed by atoms with van der Waals surface area (Å²) in [5, 5.41) is 12.0. The normalized spacial score (nSPS) is 12.3. The van der Waals surface area contributed by atoms with E-state index >= 15 is 0 Å². The van der Waals surface area contributed by atoms with Crippen molar-refractivity contribution in [2.45, 2.75) is 26.3 Å². The highest BCUT2D eigenvalue weighted by Crippen LogP contribution is 2.21. The van der Waals surface area contributed by atoms with E-state index in [2.05, 4.69) is 20.5 Å². The fraction of sp³-hybridized carbons (Fsp3) is 0.400.